The van der Waals surface area contributed by atoms with Gasteiger partial charge in [0, 0.05) is 13.7 Å². The van der Waals surface area contributed by atoms with Crippen molar-refractivity contribution in [2.75, 3.05) is 20.2 Å². The van der Waals surface area contributed by atoms with Crippen LogP contribution in [0, 0.1) is 0 Å². The lowest BCUT2D eigenvalue weighted by molar-refractivity contribution is -0.128. The second kappa shape index (κ2) is 8.37. The molecule has 0 spiro atoms. The highest BCUT2D eigenvalue weighted by Crippen LogP contribution is 2.20. The summed E-state index contributed by atoms with van der Waals surface area (Å²) in [6.45, 7) is 3.39. The summed E-state index contributed by atoms with van der Waals surface area (Å²) >= 11 is 0. The predicted octanol–water partition coefficient (Wildman–Crippen LogP) is 2.44. The zero-order valence-electron chi connectivity index (χ0n) is 12.7. The molecule has 21 heavy (non-hydrogen) atoms. The van der Waals surface area contributed by atoms with Crippen molar-refractivity contribution in [1.82, 2.24) is 10.6 Å². The van der Waals surface area contributed by atoms with E-state index in [-0.39, 0.29) is 24.4 Å². The topological polar surface area (TPSA) is 50.4 Å². The number of hydrogen-bond donors (Lipinski definition) is 2. The maximum Gasteiger partial charge on any atom is 0.240 e. The molecule has 2 unspecified atom stereocenters. The first-order valence-electron chi connectivity index (χ1n) is 7.27. The molecule has 0 aliphatic carbocycles. The fourth-order valence-corrected chi connectivity index (χ4v) is 2.64. The van der Waals surface area contributed by atoms with Gasteiger partial charge in [-0.3, -0.25) is 4.79 Å². The van der Waals surface area contributed by atoms with E-state index in [1.807, 2.05) is 37.3 Å². The van der Waals surface area contributed by atoms with Gasteiger partial charge in [0.05, 0.1) is 11.6 Å². The molecule has 1 amide bonds. The van der Waals surface area contributed by atoms with E-state index in [0.717, 1.165) is 31.4 Å². The molecule has 1 aromatic carbocycles. The first-order chi connectivity index (χ1) is 9.65. The van der Waals surface area contributed by atoms with Gasteiger partial charge in [-0.1, -0.05) is 30.3 Å². The van der Waals surface area contributed by atoms with Crippen molar-refractivity contribution in [3.63, 3.8) is 0 Å². The number of halogens is 1. The van der Waals surface area contributed by atoms with Crippen LogP contribution in [0.4, 0.5) is 0 Å². The molecule has 2 rings (SSSR count). The number of ether oxygens (including phenoxy) is 1. The van der Waals surface area contributed by atoms with Crippen LogP contribution in [0.5, 0.6) is 0 Å². The third-order valence-corrected chi connectivity index (χ3v) is 4.02. The highest BCUT2D eigenvalue weighted by molar-refractivity contribution is 5.86. The summed E-state index contributed by atoms with van der Waals surface area (Å²) in [7, 11) is 1.67. The minimum absolute atomic E-state index is 0. The number of amides is 1. The Kier molecular flexibility index (Phi) is 7.15. The Hall–Kier alpha value is -1.10. The van der Waals surface area contributed by atoms with E-state index >= 15 is 0 Å². The molecule has 1 heterocycles. The fraction of sp³-hybridized carbons (Fsp3) is 0.562. The number of methoxy groups -OCH3 is 1. The molecule has 0 aromatic heterocycles. The van der Waals surface area contributed by atoms with Crippen molar-refractivity contribution in [2.45, 2.75) is 37.8 Å². The molecular formula is C16H25ClN2O2. The normalized spacial score (nSPS) is 23.0. The van der Waals surface area contributed by atoms with Crippen molar-refractivity contribution >= 4 is 18.3 Å². The number of nitrogens with one attached hydrogen (secondary N) is 2. The highest BCUT2D eigenvalue weighted by Gasteiger charge is 2.34. The lowest BCUT2D eigenvalue weighted by atomic mass is 9.90. The van der Waals surface area contributed by atoms with Crippen molar-refractivity contribution in [3.8, 4) is 0 Å². The summed E-state index contributed by atoms with van der Waals surface area (Å²) < 4.78 is 5.47. The molecule has 2 N–H and O–H groups in total. The second-order valence-corrected chi connectivity index (χ2v) is 5.56. The smallest absolute Gasteiger partial charge is 0.240 e. The van der Waals surface area contributed by atoms with E-state index in [2.05, 4.69) is 10.6 Å². The minimum atomic E-state index is -0.437. The standard InChI is InChI=1S/C16H24N2O2.ClH/c1-16(10-6-7-11-18-16)15(19)17-12-14(20-2)13-8-4-3-5-9-13;/h3-5,8-9,14,18H,6-7,10-12H2,1-2H3,(H,17,19);1H. The van der Waals surface area contributed by atoms with E-state index in [0.29, 0.717) is 6.54 Å². The summed E-state index contributed by atoms with van der Waals surface area (Å²) in [5, 5.41) is 6.34. The zero-order chi connectivity index (χ0) is 14.4. The number of benzene rings is 1. The molecule has 5 heteroatoms. The summed E-state index contributed by atoms with van der Waals surface area (Å²) in [6, 6.07) is 9.96. The van der Waals surface area contributed by atoms with Crippen LogP contribution in [0.15, 0.2) is 30.3 Å². The summed E-state index contributed by atoms with van der Waals surface area (Å²) in [4.78, 5) is 12.3. The number of piperidine rings is 1. The maximum atomic E-state index is 12.3. The molecule has 0 radical (unpaired) electrons. The van der Waals surface area contributed by atoms with Crippen LogP contribution in [0.1, 0.15) is 37.9 Å². The molecule has 1 aromatic rings. The summed E-state index contributed by atoms with van der Waals surface area (Å²) in [5.74, 6) is 0.0650. The Morgan fingerprint density at radius 3 is 2.67 bits per heavy atom. The maximum absolute atomic E-state index is 12.3. The third-order valence-electron chi connectivity index (χ3n) is 4.02. The van der Waals surface area contributed by atoms with Gasteiger partial charge in [0.2, 0.25) is 5.91 Å². The first-order valence-corrected chi connectivity index (χ1v) is 7.27. The summed E-state index contributed by atoms with van der Waals surface area (Å²) in [5.41, 5.74) is 0.643. The van der Waals surface area contributed by atoms with Gasteiger partial charge in [-0.05, 0) is 38.3 Å². The Balaban J connectivity index is 0.00000220. The number of rotatable bonds is 5. The van der Waals surface area contributed by atoms with Gasteiger partial charge in [-0.2, -0.15) is 0 Å². The monoisotopic (exact) mass is 312 g/mol. The number of hydrogen-bond acceptors (Lipinski definition) is 3. The predicted molar refractivity (Wildman–Crippen MR) is 86.7 cm³/mol. The van der Waals surface area contributed by atoms with Crippen LogP contribution in [0.2, 0.25) is 0 Å². The molecule has 1 saturated heterocycles. The van der Waals surface area contributed by atoms with Crippen LogP contribution in [-0.2, 0) is 9.53 Å². The van der Waals surface area contributed by atoms with Crippen LogP contribution in [0.25, 0.3) is 0 Å². The average Bonchev–Trinajstić information content (AvgIpc) is 2.49. The van der Waals surface area contributed by atoms with Gasteiger partial charge in [0.25, 0.3) is 0 Å². The SMILES string of the molecule is COC(CNC(=O)C1(C)CCCCN1)c1ccccc1.Cl. The van der Waals surface area contributed by atoms with Gasteiger partial charge in [-0.25, -0.2) is 0 Å². The lowest BCUT2D eigenvalue weighted by Gasteiger charge is -2.33. The Labute approximate surface area is 133 Å². The van der Waals surface area contributed by atoms with Gasteiger partial charge in [0.1, 0.15) is 0 Å². The molecule has 4 nitrogen and oxygen atoms in total. The molecule has 118 valence electrons. The Morgan fingerprint density at radius 2 is 2.10 bits per heavy atom. The van der Waals surface area contributed by atoms with Crippen molar-refractivity contribution in [1.29, 1.82) is 0 Å². The van der Waals surface area contributed by atoms with E-state index < -0.39 is 5.54 Å². The van der Waals surface area contributed by atoms with Crippen molar-refractivity contribution < 1.29 is 9.53 Å². The Bertz CT molecular complexity index is 433. The quantitative estimate of drug-likeness (QED) is 0.878. The summed E-state index contributed by atoms with van der Waals surface area (Å²) in [6.07, 6.45) is 3.03. The van der Waals surface area contributed by atoms with Crippen LogP contribution >= 0.6 is 12.4 Å². The largest absolute Gasteiger partial charge is 0.375 e. The average molecular weight is 313 g/mol. The fourth-order valence-electron chi connectivity index (χ4n) is 2.64. The lowest BCUT2D eigenvalue weighted by Crippen LogP contribution is -2.57. The second-order valence-electron chi connectivity index (χ2n) is 5.56. The molecule has 0 bridgehead atoms. The van der Waals surface area contributed by atoms with Gasteiger partial charge < -0.3 is 15.4 Å². The molecule has 1 aliphatic rings. The van der Waals surface area contributed by atoms with E-state index in [4.69, 9.17) is 4.74 Å². The molecule has 1 aliphatic heterocycles. The Morgan fingerprint density at radius 1 is 1.38 bits per heavy atom. The minimum Gasteiger partial charge on any atom is -0.375 e. The van der Waals surface area contributed by atoms with Crippen LogP contribution in [-0.4, -0.2) is 31.6 Å². The van der Waals surface area contributed by atoms with Crippen LogP contribution in [0.3, 0.4) is 0 Å². The van der Waals surface area contributed by atoms with Crippen molar-refractivity contribution in [3.05, 3.63) is 35.9 Å². The van der Waals surface area contributed by atoms with Gasteiger partial charge in [0.15, 0.2) is 0 Å². The molecule has 0 saturated carbocycles. The highest BCUT2D eigenvalue weighted by atomic mass is 35.5. The number of carbonyl (C=O) groups excluding carboxylic acids is 1. The van der Waals surface area contributed by atoms with Crippen molar-refractivity contribution in [2.24, 2.45) is 0 Å². The van der Waals surface area contributed by atoms with Gasteiger partial charge in [-0.15, -0.1) is 12.4 Å². The van der Waals surface area contributed by atoms with Gasteiger partial charge >= 0.3 is 0 Å². The molecular weight excluding hydrogens is 288 g/mol. The van der Waals surface area contributed by atoms with E-state index in [1.54, 1.807) is 7.11 Å². The molecule has 1 fully saturated rings. The zero-order valence-corrected chi connectivity index (χ0v) is 13.5. The third kappa shape index (κ3) is 4.70. The molecule has 2 atom stereocenters. The number of carbonyl (C=O) groups is 1. The van der Waals surface area contributed by atoms with E-state index in [9.17, 15) is 4.79 Å². The van der Waals surface area contributed by atoms with Crippen LogP contribution < -0.4 is 10.6 Å². The first kappa shape index (κ1) is 18.0. The van der Waals surface area contributed by atoms with E-state index in [1.165, 1.54) is 0 Å².